The molecule has 16 heterocycles. The van der Waals surface area contributed by atoms with Gasteiger partial charge in [0.05, 0.1) is 45.6 Å². The Kier molecular flexibility index (Phi) is 17.1. The first-order chi connectivity index (χ1) is 52.9. The average Bonchev–Trinajstić information content (AvgIpc) is 1.61. The van der Waals surface area contributed by atoms with E-state index < -0.39 is 0 Å². The van der Waals surface area contributed by atoms with Gasteiger partial charge in [-0.1, -0.05) is 24.3 Å². The highest BCUT2D eigenvalue weighted by atomic mass is 16.2. The summed E-state index contributed by atoms with van der Waals surface area (Å²) in [5, 5.41) is 6.27. The fraction of sp³-hybridized carbons (Fsp3) is 0.0562. The molecule has 0 saturated carbocycles. The Bertz CT molecular complexity index is 5830. The summed E-state index contributed by atoms with van der Waals surface area (Å²) in [4.78, 5) is 90.6. The molecule has 18 nitrogen and oxygen atoms in total. The lowest BCUT2D eigenvalue weighted by Gasteiger charge is -2.09. The molecule has 6 N–H and O–H groups in total. The van der Waals surface area contributed by atoms with Crippen molar-refractivity contribution in [2.24, 2.45) is 0 Å². The molecule has 16 bridgehead atoms. The van der Waals surface area contributed by atoms with Crippen LogP contribution in [0.25, 0.3) is 182 Å². The minimum Gasteiger partial charge on any atom is -0.354 e. The molecule has 107 heavy (non-hydrogen) atoms. The van der Waals surface area contributed by atoms with E-state index in [1.54, 1.807) is 74.4 Å². The molecule has 0 fully saturated rings. The van der Waals surface area contributed by atoms with Crippen LogP contribution in [0.3, 0.4) is 0 Å². The van der Waals surface area contributed by atoms with E-state index in [-0.39, 0.29) is 11.8 Å². The number of nitrogens with one attached hydrogen (secondary N) is 6. The van der Waals surface area contributed by atoms with Crippen molar-refractivity contribution in [2.75, 3.05) is 13.1 Å². The van der Waals surface area contributed by atoms with Crippen molar-refractivity contribution in [1.82, 2.24) is 80.4 Å². The van der Waals surface area contributed by atoms with Crippen LogP contribution in [0.2, 0.25) is 0 Å². The Balaban J connectivity index is 0.593. The number of benzene rings is 2. The van der Waals surface area contributed by atoms with E-state index in [0.717, 1.165) is 198 Å². The zero-order valence-corrected chi connectivity index (χ0v) is 57.5. The van der Waals surface area contributed by atoms with Gasteiger partial charge in [0.15, 0.2) is 0 Å². The van der Waals surface area contributed by atoms with Gasteiger partial charge in [0, 0.05) is 187 Å². The van der Waals surface area contributed by atoms with Crippen LogP contribution in [0.1, 0.15) is 85.5 Å². The topological polar surface area (TPSA) is 250 Å². The molecule has 12 aromatic heterocycles. The highest BCUT2D eigenvalue weighted by Crippen LogP contribution is 2.42. The molecule has 0 saturated heterocycles. The molecule has 18 rings (SSSR count). The second kappa shape index (κ2) is 28.4. The number of rotatable bonds is 16. The monoisotopic (exact) mass is 1390 g/mol. The Labute approximate surface area is 613 Å². The first kappa shape index (κ1) is 64.6. The van der Waals surface area contributed by atoms with Crippen molar-refractivity contribution in [3.05, 3.63) is 301 Å². The standard InChI is InChI=1S/C89H64N16O2/c106-88(62-8-4-54(5-9-62)80-64-12-16-68(98-64)82(56-28-42-90-43-29-56)72-20-24-76(102-72)86(60-36-50-94-51-37-60)77-25-21-73(103-77)83(57-30-44-91-45-31-57)69-17-13-65(80)99-69)96-40-2-1-3-41-97-89(107)63-10-6-55(7-11-63)81-66-14-18-70(100-66)84(58-32-46-92-47-33-58)74-22-26-78(104-74)87(61-38-52-95-53-39-61)79-27-23-75(105-79)85(59-34-48-93-49-35-59)71-19-15-67(81)101-71/h4-39,42-53,98,100,103,105H,1-3,40-41H2,(H,96,106)(H,97,107). The molecular formula is C89H64N16O2. The Morgan fingerprint density at radius 3 is 0.589 bits per heavy atom. The van der Waals surface area contributed by atoms with Gasteiger partial charge in [-0.05, 0) is 258 Å². The van der Waals surface area contributed by atoms with Gasteiger partial charge in [-0.2, -0.15) is 0 Å². The number of carbonyl (C=O) groups excluding carboxylic acids is 2. The maximum absolute atomic E-state index is 13.9. The van der Waals surface area contributed by atoms with Crippen LogP contribution in [0.5, 0.6) is 0 Å². The lowest BCUT2D eigenvalue weighted by atomic mass is 10.0. The number of pyridine rings is 6. The van der Waals surface area contributed by atoms with E-state index in [2.05, 4.69) is 158 Å². The number of aromatic nitrogens is 14. The third-order valence-corrected chi connectivity index (χ3v) is 19.6. The number of hydrogen-bond acceptors (Lipinski definition) is 12. The van der Waals surface area contributed by atoms with Gasteiger partial charge >= 0.3 is 0 Å². The van der Waals surface area contributed by atoms with E-state index in [1.807, 2.05) is 121 Å². The van der Waals surface area contributed by atoms with Gasteiger partial charge in [0.2, 0.25) is 0 Å². The van der Waals surface area contributed by atoms with Crippen LogP contribution in [0.4, 0.5) is 0 Å². The minimum absolute atomic E-state index is 0.178. The van der Waals surface area contributed by atoms with E-state index in [9.17, 15) is 9.59 Å². The fourth-order valence-corrected chi connectivity index (χ4v) is 14.6. The van der Waals surface area contributed by atoms with E-state index in [4.69, 9.17) is 19.9 Å². The van der Waals surface area contributed by atoms with Crippen molar-refractivity contribution >= 4 is 105 Å². The SMILES string of the molecule is O=C(NCCCCCNC(=O)c1ccc(-c2c3nc(c(-c4ccncc4)c4ccc([nH]4)c(-c4ccncc4)c4nc(c(-c5ccncc5)c5ccc2[nH]5)C=C4)C=C3)cc1)c1ccc(-c2c3nc(c(-c4ccncc4)c4ccc([nH]4)c(-c4ccncc4)c4nc(c(-c5ccncc5)c5ccc2[nH]5)C=C4)C=C3)cc1. The van der Waals surface area contributed by atoms with Crippen molar-refractivity contribution in [3.63, 3.8) is 0 Å². The van der Waals surface area contributed by atoms with Gasteiger partial charge in [-0.3, -0.25) is 39.5 Å². The van der Waals surface area contributed by atoms with E-state index >= 15 is 0 Å². The zero-order valence-electron chi connectivity index (χ0n) is 57.5. The molecule has 18 heteroatoms. The number of hydrogen-bond donors (Lipinski definition) is 6. The third-order valence-electron chi connectivity index (χ3n) is 19.6. The van der Waals surface area contributed by atoms with Crippen molar-refractivity contribution in [1.29, 1.82) is 0 Å². The molecule has 4 aliphatic heterocycles. The quantitative estimate of drug-likeness (QED) is 0.0494. The summed E-state index contributed by atoms with van der Waals surface area (Å²) in [7, 11) is 0. The Morgan fingerprint density at radius 2 is 0.402 bits per heavy atom. The number of nitrogens with zero attached hydrogens (tertiary/aromatic N) is 10. The van der Waals surface area contributed by atoms with Crippen LogP contribution < -0.4 is 10.6 Å². The number of unbranched alkanes of at least 4 members (excludes halogenated alkanes) is 2. The van der Waals surface area contributed by atoms with Gasteiger partial charge in [0.25, 0.3) is 11.8 Å². The summed E-state index contributed by atoms with van der Waals surface area (Å²) in [5.74, 6) is -0.355. The van der Waals surface area contributed by atoms with E-state index in [0.29, 0.717) is 24.2 Å². The largest absolute Gasteiger partial charge is 0.354 e. The highest BCUT2D eigenvalue weighted by molar-refractivity contribution is 6.04. The molecule has 0 atom stereocenters. The molecule has 2 aromatic carbocycles. The second-order valence-corrected chi connectivity index (χ2v) is 26.1. The number of fused-ring (bicyclic) bond motifs is 16. The predicted octanol–water partition coefficient (Wildman–Crippen LogP) is 18.7. The molecule has 2 amide bonds. The summed E-state index contributed by atoms with van der Waals surface area (Å²) < 4.78 is 0. The second-order valence-electron chi connectivity index (χ2n) is 26.1. The molecule has 0 spiro atoms. The summed E-state index contributed by atoms with van der Waals surface area (Å²) in [6.45, 7) is 0.933. The lowest BCUT2D eigenvalue weighted by Crippen LogP contribution is -2.26. The maximum atomic E-state index is 13.9. The molecule has 14 aromatic rings. The average molecular weight is 1390 g/mol. The predicted molar refractivity (Wildman–Crippen MR) is 426 cm³/mol. The molecule has 0 unspecified atom stereocenters. The van der Waals surface area contributed by atoms with Crippen molar-refractivity contribution in [3.8, 4) is 89.0 Å². The summed E-state index contributed by atoms with van der Waals surface area (Å²) in [5.41, 5.74) is 28.8. The summed E-state index contributed by atoms with van der Waals surface area (Å²) in [6.07, 6.45) is 40.2. The number of aromatic amines is 4. The maximum Gasteiger partial charge on any atom is 0.251 e. The normalized spacial score (nSPS) is 12.0. The van der Waals surface area contributed by atoms with Crippen LogP contribution in [0, 0.1) is 0 Å². The summed E-state index contributed by atoms with van der Waals surface area (Å²) >= 11 is 0. The smallest absolute Gasteiger partial charge is 0.251 e. The Hall–Kier alpha value is -14.5. The zero-order chi connectivity index (χ0) is 71.6. The van der Waals surface area contributed by atoms with Crippen LogP contribution in [-0.4, -0.2) is 94.7 Å². The molecule has 0 radical (unpaired) electrons. The van der Waals surface area contributed by atoms with Crippen molar-refractivity contribution in [2.45, 2.75) is 19.3 Å². The number of amides is 2. The number of H-pyrrole nitrogens is 4. The van der Waals surface area contributed by atoms with E-state index in [1.165, 1.54) is 0 Å². The number of carbonyl (C=O) groups is 2. The van der Waals surface area contributed by atoms with Gasteiger partial charge in [0.1, 0.15) is 0 Å². The fourth-order valence-electron chi connectivity index (χ4n) is 14.6. The highest BCUT2D eigenvalue weighted by Gasteiger charge is 2.23. The van der Waals surface area contributed by atoms with Gasteiger partial charge in [-0.15, -0.1) is 0 Å². The first-order valence-corrected chi connectivity index (χ1v) is 35.4. The third kappa shape index (κ3) is 12.8. The van der Waals surface area contributed by atoms with Crippen LogP contribution >= 0.6 is 0 Å². The molecular weight excluding hydrogens is 1330 g/mol. The minimum atomic E-state index is -0.178. The van der Waals surface area contributed by atoms with Gasteiger partial charge < -0.3 is 30.6 Å². The molecule has 4 aliphatic rings. The first-order valence-electron chi connectivity index (χ1n) is 35.4. The van der Waals surface area contributed by atoms with Crippen LogP contribution in [-0.2, 0) is 0 Å². The molecule has 0 aliphatic carbocycles. The van der Waals surface area contributed by atoms with Crippen molar-refractivity contribution < 1.29 is 9.59 Å². The molecule has 512 valence electrons. The summed E-state index contributed by atoms with van der Waals surface area (Å²) in [6, 6.07) is 56.0. The Morgan fingerprint density at radius 1 is 0.224 bits per heavy atom. The van der Waals surface area contributed by atoms with Crippen LogP contribution in [0.15, 0.2) is 244 Å². The lowest BCUT2D eigenvalue weighted by molar-refractivity contribution is 0.0947. The van der Waals surface area contributed by atoms with Gasteiger partial charge in [-0.25, -0.2) is 19.9 Å².